The van der Waals surface area contributed by atoms with Gasteiger partial charge in [-0.05, 0) is 37.1 Å². The number of aryl methyl sites for hydroxylation is 1. The third-order valence-electron chi connectivity index (χ3n) is 4.96. The monoisotopic (exact) mass is 337 g/mol. The first-order valence-electron chi connectivity index (χ1n) is 8.15. The lowest BCUT2D eigenvalue weighted by molar-refractivity contribution is 0.112. The molecule has 0 spiro atoms. The molecule has 0 radical (unpaired) electrons. The largest absolute Gasteiger partial charge is 0.493 e. The van der Waals surface area contributed by atoms with E-state index in [1.165, 1.54) is 0 Å². The van der Waals surface area contributed by atoms with Gasteiger partial charge in [0.05, 0.1) is 32.4 Å². The smallest absolute Gasteiger partial charge is 0.161 e. The Morgan fingerprint density at radius 3 is 2.60 bits per heavy atom. The number of hydrogen-bond acceptors (Lipinski definition) is 4. The van der Waals surface area contributed by atoms with Crippen LogP contribution in [0.2, 0.25) is 0 Å². The van der Waals surface area contributed by atoms with E-state index >= 15 is 0 Å². The first kappa shape index (κ1) is 15.6. The third kappa shape index (κ3) is 2.19. The number of nitrogens with zero attached hydrogens (tertiary/aromatic N) is 1. The molecular weight excluding hydrogens is 318 g/mol. The van der Waals surface area contributed by atoms with Crippen LogP contribution < -0.4 is 9.47 Å². The van der Waals surface area contributed by atoms with Crippen LogP contribution >= 0.6 is 0 Å². The number of methoxy groups -OCH3 is 2. The topological polar surface area (TPSA) is 53.6 Å². The van der Waals surface area contributed by atoms with Gasteiger partial charge in [0.25, 0.3) is 0 Å². The van der Waals surface area contributed by atoms with Gasteiger partial charge in [-0.1, -0.05) is 0 Å². The van der Waals surface area contributed by atoms with Crippen molar-refractivity contribution in [1.29, 1.82) is 0 Å². The van der Waals surface area contributed by atoms with E-state index in [0.29, 0.717) is 17.1 Å². The summed E-state index contributed by atoms with van der Waals surface area (Å²) in [6.07, 6.45) is 5.12. The van der Waals surface area contributed by atoms with Crippen LogP contribution in [-0.2, 0) is 13.0 Å². The standard InChI is InChI=1S/C20H19NO4/c1-12-19(14-5-7-25-11-14)16(10-22)20-15-9-18(24-3)17(23-2)8-13(15)4-6-21(12)20/h5,7-11H,4,6H2,1-3H3. The van der Waals surface area contributed by atoms with Crippen LogP contribution in [0.3, 0.4) is 0 Å². The summed E-state index contributed by atoms with van der Waals surface area (Å²) in [7, 11) is 3.25. The molecule has 0 atom stereocenters. The molecule has 0 fully saturated rings. The summed E-state index contributed by atoms with van der Waals surface area (Å²) < 4.78 is 18.3. The van der Waals surface area contributed by atoms with E-state index in [4.69, 9.17) is 13.9 Å². The molecule has 0 N–H and O–H groups in total. The lowest BCUT2D eigenvalue weighted by Gasteiger charge is -2.23. The van der Waals surface area contributed by atoms with Crippen molar-refractivity contribution < 1.29 is 18.7 Å². The zero-order valence-electron chi connectivity index (χ0n) is 14.5. The van der Waals surface area contributed by atoms with E-state index in [0.717, 1.165) is 52.9 Å². The van der Waals surface area contributed by atoms with Gasteiger partial charge in [-0.25, -0.2) is 0 Å². The van der Waals surface area contributed by atoms with E-state index in [1.807, 2.05) is 25.1 Å². The van der Waals surface area contributed by atoms with Crippen LogP contribution in [0.25, 0.3) is 22.4 Å². The molecule has 128 valence electrons. The average molecular weight is 337 g/mol. The van der Waals surface area contributed by atoms with E-state index in [1.54, 1.807) is 26.7 Å². The third-order valence-corrected chi connectivity index (χ3v) is 4.96. The predicted octanol–water partition coefficient (Wildman–Crippen LogP) is 4.11. The minimum absolute atomic E-state index is 0.662. The Morgan fingerprint density at radius 1 is 1.20 bits per heavy atom. The van der Waals surface area contributed by atoms with Crippen molar-refractivity contribution in [2.24, 2.45) is 0 Å². The Morgan fingerprint density at radius 2 is 1.96 bits per heavy atom. The highest BCUT2D eigenvalue weighted by Crippen LogP contribution is 2.44. The molecule has 0 saturated carbocycles. The number of furan rings is 1. The van der Waals surface area contributed by atoms with Crippen LogP contribution in [0.5, 0.6) is 11.5 Å². The molecule has 0 unspecified atom stereocenters. The maximum Gasteiger partial charge on any atom is 0.161 e. The second-order valence-electron chi connectivity index (χ2n) is 6.12. The van der Waals surface area contributed by atoms with Crippen molar-refractivity contribution in [3.63, 3.8) is 0 Å². The predicted molar refractivity (Wildman–Crippen MR) is 94.5 cm³/mol. The minimum Gasteiger partial charge on any atom is -0.493 e. The van der Waals surface area contributed by atoms with Crippen LogP contribution in [0.15, 0.2) is 35.1 Å². The van der Waals surface area contributed by atoms with Crippen molar-refractivity contribution in [2.75, 3.05) is 14.2 Å². The molecule has 3 aromatic rings. The highest BCUT2D eigenvalue weighted by Gasteiger charge is 2.28. The first-order valence-corrected chi connectivity index (χ1v) is 8.15. The Balaban J connectivity index is 2.02. The second-order valence-corrected chi connectivity index (χ2v) is 6.12. The average Bonchev–Trinajstić information content (AvgIpc) is 3.26. The molecule has 0 aliphatic carbocycles. The molecule has 1 aromatic carbocycles. The molecule has 2 aromatic heterocycles. The number of rotatable bonds is 4. The molecule has 5 heteroatoms. The van der Waals surface area contributed by atoms with Gasteiger partial charge < -0.3 is 18.5 Å². The van der Waals surface area contributed by atoms with Gasteiger partial charge in [-0.3, -0.25) is 4.79 Å². The van der Waals surface area contributed by atoms with Gasteiger partial charge >= 0.3 is 0 Å². The molecule has 0 saturated heterocycles. The number of carbonyl (C=O) groups excluding carboxylic acids is 1. The summed E-state index contributed by atoms with van der Waals surface area (Å²) >= 11 is 0. The second kappa shape index (κ2) is 5.84. The molecule has 1 aliphatic rings. The maximum atomic E-state index is 12.0. The summed E-state index contributed by atoms with van der Waals surface area (Å²) in [5.41, 5.74) is 6.72. The minimum atomic E-state index is 0.662. The van der Waals surface area contributed by atoms with E-state index in [2.05, 4.69) is 4.57 Å². The quantitative estimate of drug-likeness (QED) is 0.672. The summed E-state index contributed by atoms with van der Waals surface area (Å²) in [5.74, 6) is 1.37. The van der Waals surface area contributed by atoms with Gasteiger partial charge in [0.15, 0.2) is 17.8 Å². The van der Waals surface area contributed by atoms with Crippen molar-refractivity contribution in [1.82, 2.24) is 4.57 Å². The summed E-state index contributed by atoms with van der Waals surface area (Å²) in [6, 6.07) is 5.85. The molecular formula is C20H19NO4. The summed E-state index contributed by atoms with van der Waals surface area (Å²) in [4.78, 5) is 12.0. The molecule has 5 nitrogen and oxygen atoms in total. The summed E-state index contributed by atoms with van der Waals surface area (Å²) in [6.45, 7) is 2.87. The zero-order chi connectivity index (χ0) is 17.6. The molecule has 4 rings (SSSR count). The van der Waals surface area contributed by atoms with Crippen LogP contribution in [0.4, 0.5) is 0 Å². The number of hydrogen-bond donors (Lipinski definition) is 0. The number of aromatic nitrogens is 1. The first-order chi connectivity index (χ1) is 12.2. The van der Waals surface area contributed by atoms with Gasteiger partial charge in [-0.15, -0.1) is 0 Å². The lowest BCUT2D eigenvalue weighted by atomic mass is 9.94. The van der Waals surface area contributed by atoms with Crippen molar-refractivity contribution in [2.45, 2.75) is 19.9 Å². The molecule has 0 bridgehead atoms. The Kier molecular flexibility index (Phi) is 3.64. The molecule has 0 amide bonds. The number of fused-ring (bicyclic) bond motifs is 3. The normalized spacial score (nSPS) is 12.4. The Hall–Kier alpha value is -2.95. The fourth-order valence-corrected chi connectivity index (χ4v) is 3.80. The van der Waals surface area contributed by atoms with Crippen molar-refractivity contribution in [3.8, 4) is 33.9 Å². The summed E-state index contributed by atoms with van der Waals surface area (Å²) in [5, 5.41) is 0. The number of aldehydes is 1. The van der Waals surface area contributed by atoms with Crippen LogP contribution in [0, 0.1) is 6.92 Å². The van der Waals surface area contributed by atoms with E-state index in [-0.39, 0.29) is 0 Å². The van der Waals surface area contributed by atoms with Crippen molar-refractivity contribution in [3.05, 3.63) is 47.5 Å². The SMILES string of the molecule is COc1cc2c(cc1OC)-c1c(C=O)c(-c3ccoc3)c(C)n1CC2. The fraction of sp³-hybridized carbons (Fsp3) is 0.250. The van der Waals surface area contributed by atoms with Crippen LogP contribution in [0.1, 0.15) is 21.6 Å². The number of ether oxygens (including phenoxy) is 2. The van der Waals surface area contributed by atoms with Gasteiger partial charge in [0, 0.05) is 34.5 Å². The number of carbonyl (C=O) groups is 1. The van der Waals surface area contributed by atoms with E-state index in [9.17, 15) is 4.79 Å². The highest BCUT2D eigenvalue weighted by atomic mass is 16.5. The lowest BCUT2D eigenvalue weighted by Crippen LogP contribution is -2.13. The Bertz CT molecular complexity index is 951. The number of benzene rings is 1. The zero-order valence-corrected chi connectivity index (χ0v) is 14.5. The van der Waals surface area contributed by atoms with Gasteiger partial charge in [0.2, 0.25) is 0 Å². The fourth-order valence-electron chi connectivity index (χ4n) is 3.80. The molecule has 25 heavy (non-hydrogen) atoms. The van der Waals surface area contributed by atoms with Crippen LogP contribution in [-0.4, -0.2) is 25.1 Å². The molecule has 1 aliphatic heterocycles. The highest BCUT2D eigenvalue weighted by molar-refractivity contribution is 5.98. The Labute approximate surface area is 145 Å². The van der Waals surface area contributed by atoms with Crippen molar-refractivity contribution >= 4 is 6.29 Å². The van der Waals surface area contributed by atoms with Gasteiger partial charge in [0.1, 0.15) is 0 Å². The molecule has 3 heterocycles. The van der Waals surface area contributed by atoms with E-state index < -0.39 is 0 Å². The van der Waals surface area contributed by atoms with Gasteiger partial charge in [-0.2, -0.15) is 0 Å². The maximum absolute atomic E-state index is 12.0.